The van der Waals surface area contributed by atoms with Crippen molar-refractivity contribution in [2.45, 2.75) is 19.1 Å². The van der Waals surface area contributed by atoms with Gasteiger partial charge in [-0.1, -0.05) is 17.7 Å². The third-order valence-corrected chi connectivity index (χ3v) is 6.14. The highest BCUT2D eigenvalue weighted by atomic mass is 35.5. The minimum atomic E-state index is -4.79. The van der Waals surface area contributed by atoms with Crippen molar-refractivity contribution in [3.8, 4) is 11.5 Å². The van der Waals surface area contributed by atoms with Crippen LogP contribution in [0.1, 0.15) is 24.1 Å². The van der Waals surface area contributed by atoms with E-state index in [2.05, 4.69) is 5.32 Å². The number of alkyl halides is 3. The van der Waals surface area contributed by atoms with E-state index in [9.17, 15) is 26.4 Å². The molecule has 0 radical (unpaired) electrons. The molecule has 0 fully saturated rings. The Bertz CT molecular complexity index is 1120. The molecule has 1 aliphatic rings. The van der Waals surface area contributed by atoms with Crippen molar-refractivity contribution in [3.05, 3.63) is 52.5 Å². The predicted molar refractivity (Wildman–Crippen MR) is 113 cm³/mol. The number of amides is 1. The molecule has 0 unspecified atom stereocenters. The zero-order valence-corrected chi connectivity index (χ0v) is 18.6. The van der Waals surface area contributed by atoms with Gasteiger partial charge in [0.05, 0.1) is 28.6 Å². The average molecular weight is 493 g/mol. The first-order valence-electron chi connectivity index (χ1n) is 9.39. The summed E-state index contributed by atoms with van der Waals surface area (Å²) in [6, 6.07) is 7.23. The number of halogens is 4. The van der Waals surface area contributed by atoms with Crippen LogP contribution in [0.25, 0.3) is 0 Å². The van der Waals surface area contributed by atoms with Crippen LogP contribution < -0.4 is 19.1 Å². The van der Waals surface area contributed by atoms with Crippen LogP contribution in [0.2, 0.25) is 5.02 Å². The number of nitrogens with one attached hydrogen (secondary N) is 1. The molecule has 0 saturated carbocycles. The summed E-state index contributed by atoms with van der Waals surface area (Å²) >= 11 is 5.61. The Kier molecular flexibility index (Phi) is 6.80. The van der Waals surface area contributed by atoms with Gasteiger partial charge in [-0.05, 0) is 42.8 Å². The number of nitrogens with zero attached hydrogens (tertiary/aromatic N) is 1. The van der Waals surface area contributed by atoms with Crippen LogP contribution in [-0.4, -0.2) is 40.3 Å². The van der Waals surface area contributed by atoms with Crippen LogP contribution in [0.15, 0.2) is 36.4 Å². The minimum Gasteiger partial charge on any atom is -0.486 e. The first kappa shape index (κ1) is 24.0. The molecule has 174 valence electrons. The zero-order chi connectivity index (χ0) is 23.7. The van der Waals surface area contributed by atoms with Gasteiger partial charge in [0.2, 0.25) is 15.9 Å². The molecule has 12 heteroatoms. The summed E-state index contributed by atoms with van der Waals surface area (Å²) in [5.74, 6) is 0.389. The first-order chi connectivity index (χ1) is 14.9. The number of carbonyl (C=O) groups is 1. The number of sulfonamides is 1. The lowest BCUT2D eigenvalue weighted by Gasteiger charge is -2.25. The number of rotatable bonds is 6. The van der Waals surface area contributed by atoms with Crippen LogP contribution in [0.5, 0.6) is 11.5 Å². The SMILES string of the molecule is C[C@H](NC(=O)CN(c1ccc(Cl)c(C(F)(F)F)c1)S(C)(=O)=O)c1ccc2c(c1)OCCO2. The van der Waals surface area contributed by atoms with Gasteiger partial charge in [-0.15, -0.1) is 0 Å². The van der Waals surface area contributed by atoms with Crippen LogP contribution >= 0.6 is 11.6 Å². The fraction of sp³-hybridized carbons (Fsp3) is 0.350. The van der Waals surface area contributed by atoms with Crippen molar-refractivity contribution < 1.29 is 35.9 Å². The average Bonchev–Trinajstić information content (AvgIpc) is 2.70. The molecule has 1 N–H and O–H groups in total. The standard InChI is InChI=1S/C20H20ClF3N2O5S/c1-12(13-3-6-17-18(9-13)31-8-7-30-17)25-19(27)11-26(32(2,28)29)14-4-5-16(21)15(10-14)20(22,23)24/h3-6,9-10,12H,7-8,11H2,1-2H3,(H,25,27)/t12-/m0/s1. The Morgan fingerprint density at radius 2 is 1.81 bits per heavy atom. The second kappa shape index (κ2) is 9.07. The van der Waals surface area contributed by atoms with Crippen molar-refractivity contribution in [2.75, 3.05) is 30.3 Å². The first-order valence-corrected chi connectivity index (χ1v) is 11.6. The number of hydrogen-bond donors (Lipinski definition) is 1. The molecule has 32 heavy (non-hydrogen) atoms. The van der Waals surface area contributed by atoms with Gasteiger partial charge < -0.3 is 14.8 Å². The van der Waals surface area contributed by atoms with Crippen LogP contribution in [-0.2, 0) is 21.0 Å². The molecule has 7 nitrogen and oxygen atoms in total. The van der Waals surface area contributed by atoms with E-state index < -0.39 is 45.3 Å². The number of anilines is 1. The summed E-state index contributed by atoms with van der Waals surface area (Å²) in [6.07, 6.45) is -3.99. The highest BCUT2D eigenvalue weighted by Crippen LogP contribution is 2.37. The monoisotopic (exact) mass is 492 g/mol. The second-order valence-corrected chi connectivity index (χ2v) is 9.44. The molecule has 2 aromatic rings. The zero-order valence-electron chi connectivity index (χ0n) is 17.1. The summed E-state index contributed by atoms with van der Waals surface area (Å²) in [7, 11) is -4.08. The highest BCUT2D eigenvalue weighted by Gasteiger charge is 2.34. The largest absolute Gasteiger partial charge is 0.486 e. The van der Waals surface area contributed by atoms with Gasteiger partial charge in [0, 0.05) is 0 Å². The summed E-state index contributed by atoms with van der Waals surface area (Å²) in [5, 5.41) is 2.06. The molecule has 0 aromatic heterocycles. The Balaban J connectivity index is 1.79. The maximum atomic E-state index is 13.2. The Morgan fingerprint density at radius 3 is 2.44 bits per heavy atom. The van der Waals surface area contributed by atoms with E-state index in [4.69, 9.17) is 21.1 Å². The van der Waals surface area contributed by atoms with E-state index in [0.717, 1.165) is 18.4 Å². The minimum absolute atomic E-state index is 0.327. The summed E-state index contributed by atoms with van der Waals surface area (Å²) in [4.78, 5) is 12.6. The highest BCUT2D eigenvalue weighted by molar-refractivity contribution is 7.92. The van der Waals surface area contributed by atoms with Crippen molar-refractivity contribution in [1.82, 2.24) is 5.32 Å². The fourth-order valence-corrected chi connectivity index (χ4v) is 4.19. The van der Waals surface area contributed by atoms with Crippen LogP contribution in [0, 0.1) is 0 Å². The molecule has 1 heterocycles. The van der Waals surface area contributed by atoms with Gasteiger partial charge in [0.25, 0.3) is 0 Å². The topological polar surface area (TPSA) is 84.9 Å². The van der Waals surface area contributed by atoms with Crippen molar-refractivity contribution in [1.29, 1.82) is 0 Å². The van der Waals surface area contributed by atoms with Gasteiger partial charge in [0.1, 0.15) is 19.8 Å². The lowest BCUT2D eigenvalue weighted by molar-refractivity contribution is -0.137. The van der Waals surface area contributed by atoms with Gasteiger partial charge in [-0.25, -0.2) is 8.42 Å². The van der Waals surface area contributed by atoms with E-state index in [1.807, 2.05) is 0 Å². The Morgan fingerprint density at radius 1 is 1.16 bits per heavy atom. The van der Waals surface area contributed by atoms with Gasteiger partial charge in [0.15, 0.2) is 11.5 Å². The fourth-order valence-electron chi connectivity index (χ4n) is 3.12. The molecule has 3 rings (SSSR count). The van der Waals surface area contributed by atoms with E-state index in [0.29, 0.717) is 40.6 Å². The normalized spacial score (nSPS) is 14.6. The molecule has 2 aromatic carbocycles. The van der Waals surface area contributed by atoms with E-state index in [-0.39, 0.29) is 5.69 Å². The number of benzene rings is 2. The Labute approximate surface area is 188 Å². The van der Waals surface area contributed by atoms with Crippen LogP contribution in [0.3, 0.4) is 0 Å². The third-order valence-electron chi connectivity index (χ3n) is 4.67. The van der Waals surface area contributed by atoms with Crippen molar-refractivity contribution >= 4 is 33.2 Å². The van der Waals surface area contributed by atoms with Crippen molar-refractivity contribution in [2.24, 2.45) is 0 Å². The number of carbonyl (C=O) groups excluding carboxylic acids is 1. The maximum Gasteiger partial charge on any atom is 0.417 e. The van der Waals surface area contributed by atoms with Crippen LogP contribution in [0.4, 0.5) is 18.9 Å². The molecule has 0 spiro atoms. The molecular formula is C20H20ClF3N2O5S. The van der Waals surface area contributed by atoms with E-state index in [1.165, 1.54) is 0 Å². The van der Waals surface area contributed by atoms with E-state index in [1.54, 1.807) is 25.1 Å². The summed E-state index contributed by atoms with van der Waals surface area (Å²) in [5.41, 5.74) is -0.846. The molecule has 0 bridgehead atoms. The van der Waals surface area contributed by atoms with E-state index >= 15 is 0 Å². The molecule has 1 aliphatic heterocycles. The van der Waals surface area contributed by atoms with Gasteiger partial charge in [-0.3, -0.25) is 9.10 Å². The molecular weight excluding hydrogens is 473 g/mol. The van der Waals surface area contributed by atoms with Gasteiger partial charge in [-0.2, -0.15) is 13.2 Å². The van der Waals surface area contributed by atoms with Gasteiger partial charge >= 0.3 is 6.18 Å². The maximum absolute atomic E-state index is 13.2. The number of fused-ring (bicyclic) bond motifs is 1. The third kappa shape index (κ3) is 5.57. The quantitative estimate of drug-likeness (QED) is 0.663. The lowest BCUT2D eigenvalue weighted by Crippen LogP contribution is -2.41. The molecule has 0 aliphatic carbocycles. The lowest BCUT2D eigenvalue weighted by atomic mass is 10.1. The Hall–Kier alpha value is -2.66. The summed E-state index contributed by atoms with van der Waals surface area (Å²) < 4.78 is 75.5. The number of hydrogen-bond acceptors (Lipinski definition) is 5. The molecule has 1 amide bonds. The predicted octanol–water partition coefficient (Wildman–Crippen LogP) is 3.77. The second-order valence-electron chi connectivity index (χ2n) is 7.12. The molecule has 0 saturated heterocycles. The smallest absolute Gasteiger partial charge is 0.417 e. The number of ether oxygens (including phenoxy) is 2. The van der Waals surface area contributed by atoms with Crippen molar-refractivity contribution in [3.63, 3.8) is 0 Å². The molecule has 1 atom stereocenters. The summed E-state index contributed by atoms with van der Waals surface area (Å²) in [6.45, 7) is 1.78.